The Hall–Kier alpha value is -2.54. The Morgan fingerprint density at radius 3 is 2.70 bits per heavy atom. The number of nitrogens with one attached hydrogen (secondary N) is 1. The summed E-state index contributed by atoms with van der Waals surface area (Å²) in [6, 6.07) is 8.94. The predicted octanol–water partition coefficient (Wildman–Crippen LogP) is 3.79. The van der Waals surface area contributed by atoms with E-state index in [-0.39, 0.29) is 18.9 Å². The molecule has 1 aliphatic rings. The van der Waals surface area contributed by atoms with Crippen LogP contribution in [0.1, 0.15) is 12.0 Å². The van der Waals surface area contributed by atoms with Gasteiger partial charge in [0.2, 0.25) is 11.8 Å². The van der Waals surface area contributed by atoms with Crippen molar-refractivity contribution in [2.45, 2.75) is 12.8 Å². The maximum Gasteiger partial charge on any atom is 0.229 e. The highest BCUT2D eigenvalue weighted by molar-refractivity contribution is 6.30. The molecule has 2 aromatic rings. The summed E-state index contributed by atoms with van der Waals surface area (Å²) in [4.78, 5) is 26.0. The third kappa shape index (κ3) is 4.42. The second kappa shape index (κ2) is 8.00. The molecule has 2 amide bonds. The van der Waals surface area contributed by atoms with Gasteiger partial charge in [0.25, 0.3) is 0 Å². The smallest absolute Gasteiger partial charge is 0.229 e. The highest BCUT2D eigenvalue weighted by atomic mass is 35.5. The quantitative estimate of drug-likeness (QED) is 0.782. The summed E-state index contributed by atoms with van der Waals surface area (Å²) in [5.41, 5.74) is 0.510. The highest BCUT2D eigenvalue weighted by Crippen LogP contribution is 2.24. The molecular formula is C19H16ClF3N2O2. The molecule has 3 rings (SSSR count). The Labute approximate surface area is 158 Å². The summed E-state index contributed by atoms with van der Waals surface area (Å²) in [5, 5.41) is 2.83. The van der Waals surface area contributed by atoms with Crippen molar-refractivity contribution < 1.29 is 22.8 Å². The number of anilines is 1. The van der Waals surface area contributed by atoms with Crippen molar-refractivity contribution in [1.29, 1.82) is 0 Å². The molecule has 1 N–H and O–H groups in total. The van der Waals surface area contributed by atoms with Gasteiger partial charge in [0, 0.05) is 24.5 Å². The number of hydrogen-bond acceptors (Lipinski definition) is 2. The van der Waals surface area contributed by atoms with Crippen LogP contribution in [0, 0.1) is 23.4 Å². The molecule has 0 saturated carbocycles. The molecule has 0 aliphatic carbocycles. The van der Waals surface area contributed by atoms with E-state index in [0.29, 0.717) is 18.0 Å². The first-order valence-electron chi connectivity index (χ1n) is 8.31. The zero-order chi connectivity index (χ0) is 19.6. The topological polar surface area (TPSA) is 49.4 Å². The lowest BCUT2D eigenvalue weighted by molar-refractivity contribution is -0.128. The zero-order valence-electron chi connectivity index (χ0n) is 14.1. The molecule has 0 bridgehead atoms. The minimum absolute atomic E-state index is 0.0212. The maximum absolute atomic E-state index is 13.7. The Kier molecular flexibility index (Phi) is 5.70. The number of likely N-dealkylation sites (tertiary alicyclic amines) is 1. The van der Waals surface area contributed by atoms with Crippen LogP contribution in [0.5, 0.6) is 0 Å². The van der Waals surface area contributed by atoms with E-state index in [2.05, 4.69) is 5.32 Å². The van der Waals surface area contributed by atoms with Crippen LogP contribution in [0.4, 0.5) is 18.9 Å². The van der Waals surface area contributed by atoms with Crippen LogP contribution in [0.3, 0.4) is 0 Å². The normalized spacial score (nSPS) is 16.7. The Bertz CT molecular complexity index is 891. The minimum atomic E-state index is -1.65. The van der Waals surface area contributed by atoms with Gasteiger partial charge in [-0.2, -0.15) is 0 Å². The van der Waals surface area contributed by atoms with Gasteiger partial charge in [-0.3, -0.25) is 9.59 Å². The molecule has 0 aromatic heterocycles. The third-order valence-electron chi connectivity index (χ3n) is 4.44. The number of rotatable bonds is 5. The van der Waals surface area contributed by atoms with Gasteiger partial charge in [-0.15, -0.1) is 0 Å². The van der Waals surface area contributed by atoms with E-state index in [1.165, 1.54) is 0 Å². The van der Waals surface area contributed by atoms with Crippen LogP contribution in [-0.4, -0.2) is 29.8 Å². The molecule has 8 heteroatoms. The second-order valence-electron chi connectivity index (χ2n) is 6.33. The monoisotopic (exact) mass is 396 g/mol. The molecule has 1 unspecified atom stereocenters. The van der Waals surface area contributed by atoms with Gasteiger partial charge in [-0.25, -0.2) is 13.2 Å². The van der Waals surface area contributed by atoms with E-state index >= 15 is 0 Å². The van der Waals surface area contributed by atoms with E-state index in [9.17, 15) is 22.8 Å². The van der Waals surface area contributed by atoms with Gasteiger partial charge in [0.1, 0.15) is 0 Å². The van der Waals surface area contributed by atoms with Crippen LogP contribution in [0.15, 0.2) is 36.4 Å². The summed E-state index contributed by atoms with van der Waals surface area (Å²) in [7, 11) is 0. The lowest BCUT2D eigenvalue weighted by Gasteiger charge is -2.17. The van der Waals surface area contributed by atoms with Crippen molar-refractivity contribution in [3.63, 3.8) is 0 Å². The molecule has 1 fully saturated rings. The number of carbonyl (C=O) groups excluding carboxylic acids is 2. The molecule has 142 valence electrons. The van der Waals surface area contributed by atoms with Crippen LogP contribution in [0.25, 0.3) is 0 Å². The average Bonchev–Trinajstić information content (AvgIpc) is 3.01. The number of amides is 2. The molecule has 27 heavy (non-hydrogen) atoms. The third-order valence-corrected chi connectivity index (χ3v) is 4.67. The Morgan fingerprint density at radius 1 is 1.19 bits per heavy atom. The molecule has 1 heterocycles. The largest absolute Gasteiger partial charge is 0.342 e. The van der Waals surface area contributed by atoms with Crippen molar-refractivity contribution in [3.8, 4) is 0 Å². The van der Waals surface area contributed by atoms with Gasteiger partial charge in [-0.05, 0) is 36.2 Å². The summed E-state index contributed by atoms with van der Waals surface area (Å²) in [6.07, 6.45) is 0.561. The molecule has 2 aromatic carbocycles. The molecule has 0 spiro atoms. The van der Waals surface area contributed by atoms with E-state index in [1.54, 1.807) is 17.0 Å². The zero-order valence-corrected chi connectivity index (χ0v) is 14.9. The van der Waals surface area contributed by atoms with Crippen molar-refractivity contribution >= 4 is 29.1 Å². The fraction of sp³-hybridized carbons (Fsp3) is 0.263. The van der Waals surface area contributed by atoms with Gasteiger partial charge >= 0.3 is 0 Å². The maximum atomic E-state index is 13.7. The van der Waals surface area contributed by atoms with Gasteiger partial charge < -0.3 is 10.2 Å². The fourth-order valence-electron chi connectivity index (χ4n) is 2.98. The first-order valence-corrected chi connectivity index (χ1v) is 8.69. The van der Waals surface area contributed by atoms with Crippen LogP contribution in [-0.2, 0) is 16.0 Å². The van der Waals surface area contributed by atoms with Crippen molar-refractivity contribution in [2.75, 3.05) is 18.4 Å². The van der Waals surface area contributed by atoms with Crippen molar-refractivity contribution in [3.05, 3.63) is 64.4 Å². The molecule has 0 radical (unpaired) electrons. The molecule has 4 nitrogen and oxygen atoms in total. The molecular weight excluding hydrogens is 381 g/mol. The number of halogens is 4. The van der Waals surface area contributed by atoms with Crippen molar-refractivity contribution in [2.24, 2.45) is 5.92 Å². The van der Waals surface area contributed by atoms with Crippen molar-refractivity contribution in [1.82, 2.24) is 4.90 Å². The summed E-state index contributed by atoms with van der Waals surface area (Å²) >= 11 is 5.93. The summed E-state index contributed by atoms with van der Waals surface area (Å²) < 4.78 is 39.9. The SMILES string of the molecule is O=C(Nc1ccc(F)c(F)c1F)C1CC(=O)N(CCc2cccc(Cl)c2)C1. The van der Waals surface area contributed by atoms with E-state index in [1.807, 2.05) is 12.1 Å². The van der Waals surface area contributed by atoms with E-state index < -0.39 is 35.0 Å². The van der Waals surface area contributed by atoms with Crippen LogP contribution >= 0.6 is 11.6 Å². The van der Waals surface area contributed by atoms with Crippen LogP contribution < -0.4 is 5.32 Å². The number of hydrogen-bond donors (Lipinski definition) is 1. The average molecular weight is 397 g/mol. The molecule has 1 atom stereocenters. The van der Waals surface area contributed by atoms with Crippen LogP contribution in [0.2, 0.25) is 5.02 Å². The van der Waals surface area contributed by atoms with Gasteiger partial charge in [0.05, 0.1) is 11.6 Å². The lowest BCUT2D eigenvalue weighted by Crippen LogP contribution is -2.30. The second-order valence-corrected chi connectivity index (χ2v) is 6.77. The van der Waals surface area contributed by atoms with Gasteiger partial charge in [-0.1, -0.05) is 23.7 Å². The number of nitrogens with zero attached hydrogens (tertiary/aromatic N) is 1. The molecule has 1 saturated heterocycles. The fourth-order valence-corrected chi connectivity index (χ4v) is 3.19. The molecule has 1 aliphatic heterocycles. The minimum Gasteiger partial charge on any atom is -0.342 e. The van der Waals surface area contributed by atoms with E-state index in [0.717, 1.165) is 17.7 Å². The Balaban J connectivity index is 1.59. The Morgan fingerprint density at radius 2 is 1.96 bits per heavy atom. The summed E-state index contributed by atoms with van der Waals surface area (Å²) in [6.45, 7) is 0.596. The number of carbonyl (C=O) groups is 2. The number of benzene rings is 2. The standard InChI is InChI=1S/C19H16ClF3N2O2/c20-13-3-1-2-11(8-13)6-7-25-10-12(9-16(25)26)19(27)24-15-5-4-14(21)17(22)18(15)23/h1-5,8,12H,6-7,9-10H2,(H,24,27). The summed E-state index contributed by atoms with van der Waals surface area (Å²) in [5.74, 6) is -5.96. The predicted molar refractivity (Wildman–Crippen MR) is 94.8 cm³/mol. The first-order chi connectivity index (χ1) is 12.8. The van der Waals surface area contributed by atoms with Gasteiger partial charge in [0.15, 0.2) is 17.5 Å². The highest BCUT2D eigenvalue weighted by Gasteiger charge is 2.34. The van der Waals surface area contributed by atoms with E-state index in [4.69, 9.17) is 11.6 Å². The first kappa shape index (κ1) is 19.2. The lowest BCUT2D eigenvalue weighted by atomic mass is 10.1.